The Bertz CT molecular complexity index is 891. The molecule has 28 heavy (non-hydrogen) atoms. The van der Waals surface area contributed by atoms with Crippen LogP contribution in [0, 0.1) is 6.92 Å². The molecule has 0 bridgehead atoms. The zero-order chi connectivity index (χ0) is 19.9. The largest absolute Gasteiger partial charge is 0.497 e. The standard InChI is InChI=1S/C23H26N2OS2/c1-17-7-4-5-9-22(17)24-23(27)25(18(2)15-21-8-6-14-28-21)16-19-10-12-20(26-3)13-11-19/h4-14,18H,15-16H2,1-3H3,(H,24,27)/t18-/m1/s1. The number of nitrogens with one attached hydrogen (secondary N) is 1. The van der Waals surface area contributed by atoms with Gasteiger partial charge in [0.2, 0.25) is 0 Å². The number of para-hydroxylation sites is 1. The molecule has 0 aliphatic rings. The van der Waals surface area contributed by atoms with Crippen LogP contribution in [0.15, 0.2) is 66.0 Å². The van der Waals surface area contributed by atoms with Crippen LogP contribution in [0.4, 0.5) is 5.69 Å². The van der Waals surface area contributed by atoms with E-state index in [2.05, 4.69) is 65.8 Å². The van der Waals surface area contributed by atoms with Crippen molar-refractivity contribution in [3.8, 4) is 5.75 Å². The van der Waals surface area contributed by atoms with Crippen molar-refractivity contribution in [2.45, 2.75) is 32.9 Å². The van der Waals surface area contributed by atoms with Crippen LogP contribution in [0.1, 0.15) is 22.9 Å². The maximum Gasteiger partial charge on any atom is 0.173 e. The van der Waals surface area contributed by atoms with Crippen LogP contribution >= 0.6 is 23.6 Å². The average Bonchev–Trinajstić information content (AvgIpc) is 3.21. The average molecular weight is 411 g/mol. The lowest BCUT2D eigenvalue weighted by Crippen LogP contribution is -2.41. The number of hydrogen-bond donors (Lipinski definition) is 1. The fourth-order valence-corrected chi connectivity index (χ4v) is 4.27. The number of rotatable bonds is 7. The molecule has 0 aliphatic heterocycles. The van der Waals surface area contributed by atoms with E-state index in [-0.39, 0.29) is 6.04 Å². The summed E-state index contributed by atoms with van der Waals surface area (Å²) in [4.78, 5) is 3.63. The van der Waals surface area contributed by atoms with Gasteiger partial charge in [-0.3, -0.25) is 0 Å². The number of benzene rings is 2. The normalized spacial score (nSPS) is 11.7. The van der Waals surface area contributed by atoms with Gasteiger partial charge in [-0.15, -0.1) is 11.3 Å². The third-order valence-electron chi connectivity index (χ3n) is 4.77. The van der Waals surface area contributed by atoms with E-state index in [4.69, 9.17) is 17.0 Å². The molecule has 3 nitrogen and oxygen atoms in total. The summed E-state index contributed by atoms with van der Waals surface area (Å²) in [5, 5.41) is 6.32. The molecule has 1 aromatic heterocycles. The number of methoxy groups -OCH3 is 1. The van der Waals surface area contributed by atoms with Gasteiger partial charge in [0, 0.05) is 29.6 Å². The molecule has 0 aliphatic carbocycles. The second-order valence-corrected chi connectivity index (χ2v) is 8.27. The van der Waals surface area contributed by atoms with Gasteiger partial charge in [-0.1, -0.05) is 36.4 Å². The van der Waals surface area contributed by atoms with Crippen molar-refractivity contribution in [2.75, 3.05) is 12.4 Å². The van der Waals surface area contributed by atoms with Crippen LogP contribution in [0.3, 0.4) is 0 Å². The van der Waals surface area contributed by atoms with E-state index in [1.165, 1.54) is 16.0 Å². The Morgan fingerprint density at radius 1 is 1.11 bits per heavy atom. The van der Waals surface area contributed by atoms with E-state index in [1.54, 1.807) is 18.4 Å². The van der Waals surface area contributed by atoms with Crippen molar-refractivity contribution in [1.82, 2.24) is 4.90 Å². The Balaban J connectivity index is 1.79. The molecule has 3 rings (SSSR count). The highest BCUT2D eigenvalue weighted by molar-refractivity contribution is 7.80. The number of ether oxygens (including phenoxy) is 1. The number of thiocarbonyl (C=S) groups is 1. The van der Waals surface area contributed by atoms with E-state index in [1.807, 2.05) is 24.3 Å². The quantitative estimate of drug-likeness (QED) is 0.491. The molecule has 5 heteroatoms. The maximum atomic E-state index is 5.83. The van der Waals surface area contributed by atoms with Crippen molar-refractivity contribution in [3.05, 3.63) is 82.0 Å². The summed E-state index contributed by atoms with van der Waals surface area (Å²) in [5.74, 6) is 0.863. The Morgan fingerprint density at radius 2 is 1.86 bits per heavy atom. The van der Waals surface area contributed by atoms with E-state index < -0.39 is 0 Å². The molecule has 3 aromatic rings. The van der Waals surface area contributed by atoms with Crippen molar-refractivity contribution in [1.29, 1.82) is 0 Å². The molecule has 1 heterocycles. The van der Waals surface area contributed by atoms with Crippen molar-refractivity contribution in [3.63, 3.8) is 0 Å². The number of aryl methyl sites for hydroxylation is 1. The zero-order valence-corrected chi connectivity index (χ0v) is 18.1. The highest BCUT2D eigenvalue weighted by Crippen LogP contribution is 2.21. The highest BCUT2D eigenvalue weighted by atomic mass is 32.1. The minimum Gasteiger partial charge on any atom is -0.497 e. The van der Waals surface area contributed by atoms with Gasteiger partial charge in [0.1, 0.15) is 5.75 Å². The number of hydrogen-bond acceptors (Lipinski definition) is 3. The first-order valence-electron chi connectivity index (χ1n) is 9.35. The summed E-state index contributed by atoms with van der Waals surface area (Å²) < 4.78 is 5.28. The van der Waals surface area contributed by atoms with Gasteiger partial charge < -0.3 is 15.0 Å². The molecule has 0 amide bonds. The molecule has 0 spiro atoms. The van der Waals surface area contributed by atoms with Gasteiger partial charge in [0.05, 0.1) is 7.11 Å². The molecule has 0 fully saturated rings. The van der Waals surface area contributed by atoms with Crippen LogP contribution in [-0.2, 0) is 13.0 Å². The molecular weight excluding hydrogens is 384 g/mol. The summed E-state index contributed by atoms with van der Waals surface area (Å²) in [7, 11) is 1.69. The van der Waals surface area contributed by atoms with Crippen LogP contribution < -0.4 is 10.1 Å². The van der Waals surface area contributed by atoms with Crippen LogP contribution in [0.25, 0.3) is 0 Å². The molecule has 0 saturated carbocycles. The third-order valence-corrected chi connectivity index (χ3v) is 6.00. The maximum absolute atomic E-state index is 5.83. The predicted molar refractivity (Wildman–Crippen MR) is 123 cm³/mol. The second-order valence-electron chi connectivity index (χ2n) is 6.85. The van der Waals surface area contributed by atoms with E-state index in [9.17, 15) is 0 Å². The fraction of sp³-hybridized carbons (Fsp3) is 0.261. The molecule has 0 saturated heterocycles. The predicted octanol–water partition coefficient (Wildman–Crippen LogP) is 5.90. The third kappa shape index (κ3) is 5.33. The molecular formula is C23H26N2OS2. The Hall–Kier alpha value is -2.37. The van der Waals surface area contributed by atoms with E-state index in [0.29, 0.717) is 0 Å². The minimum atomic E-state index is 0.268. The van der Waals surface area contributed by atoms with Crippen LogP contribution in [0.5, 0.6) is 5.75 Å². The zero-order valence-electron chi connectivity index (χ0n) is 16.5. The lowest BCUT2D eigenvalue weighted by molar-refractivity contribution is 0.326. The van der Waals surface area contributed by atoms with Crippen LogP contribution in [-0.4, -0.2) is 23.2 Å². The summed E-state index contributed by atoms with van der Waals surface area (Å²) >= 11 is 7.62. The van der Waals surface area contributed by atoms with E-state index in [0.717, 1.165) is 29.5 Å². The summed E-state index contributed by atoms with van der Waals surface area (Å²) in [6, 6.07) is 21.0. The van der Waals surface area contributed by atoms with Gasteiger partial charge in [-0.2, -0.15) is 0 Å². The Morgan fingerprint density at radius 3 is 2.50 bits per heavy atom. The van der Waals surface area contributed by atoms with Crippen molar-refractivity contribution < 1.29 is 4.74 Å². The van der Waals surface area contributed by atoms with Crippen molar-refractivity contribution >= 4 is 34.4 Å². The number of anilines is 1. The summed E-state index contributed by atoms with van der Waals surface area (Å²) in [5.41, 5.74) is 3.43. The summed E-state index contributed by atoms with van der Waals surface area (Å²) in [6.45, 7) is 5.07. The number of thiophene rings is 1. The first-order valence-corrected chi connectivity index (χ1v) is 10.6. The molecule has 0 unspecified atom stereocenters. The first-order chi connectivity index (χ1) is 13.6. The fourth-order valence-electron chi connectivity index (χ4n) is 3.09. The Labute approximate surface area is 177 Å². The SMILES string of the molecule is COc1ccc(CN(C(=S)Nc2ccccc2C)[C@H](C)Cc2cccs2)cc1. The topological polar surface area (TPSA) is 24.5 Å². The highest BCUT2D eigenvalue weighted by Gasteiger charge is 2.19. The molecule has 1 atom stereocenters. The van der Waals surface area contributed by atoms with E-state index >= 15 is 0 Å². The second kappa shape index (κ2) is 9.71. The van der Waals surface area contributed by atoms with Gasteiger partial charge in [0.25, 0.3) is 0 Å². The lowest BCUT2D eigenvalue weighted by Gasteiger charge is -2.32. The van der Waals surface area contributed by atoms with Crippen LogP contribution in [0.2, 0.25) is 0 Å². The lowest BCUT2D eigenvalue weighted by atomic mass is 10.1. The van der Waals surface area contributed by atoms with Crippen molar-refractivity contribution in [2.24, 2.45) is 0 Å². The molecule has 1 N–H and O–H groups in total. The molecule has 2 aromatic carbocycles. The molecule has 146 valence electrons. The smallest absolute Gasteiger partial charge is 0.173 e. The number of nitrogens with zero attached hydrogens (tertiary/aromatic N) is 1. The first kappa shape index (κ1) is 20.4. The monoisotopic (exact) mass is 410 g/mol. The molecule has 0 radical (unpaired) electrons. The minimum absolute atomic E-state index is 0.268. The van der Waals surface area contributed by atoms with Gasteiger partial charge >= 0.3 is 0 Å². The summed E-state index contributed by atoms with van der Waals surface area (Å²) in [6.07, 6.45) is 0.962. The Kier molecular flexibility index (Phi) is 7.06. The van der Waals surface area contributed by atoms with Gasteiger partial charge in [-0.25, -0.2) is 0 Å². The van der Waals surface area contributed by atoms with Gasteiger partial charge in [0.15, 0.2) is 5.11 Å². The van der Waals surface area contributed by atoms with Gasteiger partial charge in [-0.05, 0) is 66.8 Å².